The van der Waals surface area contributed by atoms with Crippen molar-refractivity contribution < 1.29 is 4.52 Å². The summed E-state index contributed by atoms with van der Waals surface area (Å²) >= 11 is 1.71. The topological polar surface area (TPSA) is 52.0 Å². The van der Waals surface area contributed by atoms with E-state index in [2.05, 4.69) is 23.4 Å². The van der Waals surface area contributed by atoms with Gasteiger partial charge in [-0.25, -0.2) is 0 Å². The molecule has 0 unspecified atom stereocenters. The molecule has 22 heavy (non-hydrogen) atoms. The second-order valence-electron chi connectivity index (χ2n) is 5.13. The van der Waals surface area contributed by atoms with Crippen LogP contribution in [0.4, 0.5) is 0 Å². The van der Waals surface area contributed by atoms with Crippen molar-refractivity contribution in [3.63, 3.8) is 0 Å². The number of hydrogen-bond acceptors (Lipinski definition) is 4. The molecule has 0 saturated heterocycles. The highest BCUT2D eigenvalue weighted by Crippen LogP contribution is 2.35. The Morgan fingerprint density at radius 2 is 1.82 bits per heavy atom. The summed E-state index contributed by atoms with van der Waals surface area (Å²) in [7, 11) is 0. The maximum absolute atomic E-state index is 5.62. The fraction of sp³-hybridized carbons (Fsp3) is 0.0556. The molecule has 0 atom stereocenters. The van der Waals surface area contributed by atoms with Crippen molar-refractivity contribution in [2.45, 2.75) is 6.54 Å². The van der Waals surface area contributed by atoms with E-state index < -0.39 is 0 Å². The molecule has 2 heterocycles. The minimum Gasteiger partial charge on any atom is -0.355 e. The van der Waals surface area contributed by atoms with E-state index in [1.54, 1.807) is 11.3 Å². The lowest BCUT2D eigenvalue weighted by atomic mass is 10.1. The van der Waals surface area contributed by atoms with Crippen LogP contribution in [0.3, 0.4) is 0 Å². The average molecular weight is 306 g/mol. The number of rotatable bonds is 3. The SMILES string of the molecule is NCc1ccc(-c2cc(-c3cc4ccccc4s3)on2)cc1. The number of fused-ring (bicyclic) bond motifs is 1. The van der Waals surface area contributed by atoms with E-state index in [1.807, 2.05) is 42.5 Å². The number of hydrogen-bond donors (Lipinski definition) is 1. The van der Waals surface area contributed by atoms with Crippen LogP contribution in [0.1, 0.15) is 5.56 Å². The molecule has 108 valence electrons. The highest BCUT2D eigenvalue weighted by atomic mass is 32.1. The first kappa shape index (κ1) is 13.2. The fourth-order valence-corrected chi connectivity index (χ4v) is 3.45. The number of benzene rings is 2. The number of aromatic nitrogens is 1. The number of thiophene rings is 1. The smallest absolute Gasteiger partial charge is 0.177 e. The third-order valence-corrected chi connectivity index (χ3v) is 4.79. The van der Waals surface area contributed by atoms with Gasteiger partial charge in [-0.1, -0.05) is 47.6 Å². The minimum absolute atomic E-state index is 0.548. The summed E-state index contributed by atoms with van der Waals surface area (Å²) in [6.45, 7) is 0.548. The van der Waals surface area contributed by atoms with Crippen molar-refractivity contribution in [3.8, 4) is 21.9 Å². The minimum atomic E-state index is 0.548. The second kappa shape index (κ2) is 5.40. The van der Waals surface area contributed by atoms with E-state index >= 15 is 0 Å². The first-order chi connectivity index (χ1) is 10.8. The first-order valence-corrected chi connectivity index (χ1v) is 7.90. The van der Waals surface area contributed by atoms with Crippen molar-refractivity contribution in [2.75, 3.05) is 0 Å². The fourth-order valence-electron chi connectivity index (χ4n) is 2.44. The van der Waals surface area contributed by atoms with Crippen LogP contribution >= 0.6 is 11.3 Å². The molecule has 0 spiro atoms. The summed E-state index contributed by atoms with van der Waals surface area (Å²) < 4.78 is 6.78. The number of nitrogens with zero attached hydrogens (tertiary/aromatic N) is 1. The summed E-state index contributed by atoms with van der Waals surface area (Å²) in [4.78, 5) is 1.10. The first-order valence-electron chi connectivity index (χ1n) is 7.08. The van der Waals surface area contributed by atoms with Crippen molar-refractivity contribution in [3.05, 3.63) is 66.2 Å². The molecule has 4 heteroatoms. The van der Waals surface area contributed by atoms with E-state index in [4.69, 9.17) is 10.3 Å². The van der Waals surface area contributed by atoms with Crippen molar-refractivity contribution in [1.29, 1.82) is 0 Å². The Hall–Kier alpha value is -2.43. The zero-order valence-electron chi connectivity index (χ0n) is 11.8. The van der Waals surface area contributed by atoms with E-state index in [0.29, 0.717) is 6.54 Å². The van der Waals surface area contributed by atoms with Gasteiger partial charge in [0.15, 0.2) is 5.76 Å². The Morgan fingerprint density at radius 1 is 1.00 bits per heavy atom. The molecule has 2 aromatic heterocycles. The lowest BCUT2D eigenvalue weighted by Crippen LogP contribution is -1.95. The van der Waals surface area contributed by atoms with Crippen LogP contribution in [0.15, 0.2) is 65.2 Å². The van der Waals surface area contributed by atoms with Gasteiger partial charge in [0.25, 0.3) is 0 Å². The Kier molecular flexibility index (Phi) is 3.25. The predicted octanol–water partition coefficient (Wildman–Crippen LogP) is 4.68. The van der Waals surface area contributed by atoms with Crippen LogP contribution in [0, 0.1) is 0 Å². The van der Waals surface area contributed by atoms with E-state index in [1.165, 1.54) is 10.1 Å². The molecule has 0 aliphatic carbocycles. The summed E-state index contributed by atoms with van der Waals surface area (Å²) in [5, 5.41) is 5.42. The maximum Gasteiger partial charge on any atom is 0.177 e. The summed E-state index contributed by atoms with van der Waals surface area (Å²) in [5.41, 5.74) is 8.61. The second-order valence-corrected chi connectivity index (χ2v) is 6.21. The Balaban J connectivity index is 1.70. The van der Waals surface area contributed by atoms with E-state index in [9.17, 15) is 0 Å². The van der Waals surface area contributed by atoms with Crippen molar-refractivity contribution in [2.24, 2.45) is 5.73 Å². The summed E-state index contributed by atoms with van der Waals surface area (Å²) in [6, 6.07) is 20.5. The lowest BCUT2D eigenvalue weighted by Gasteiger charge is -1.97. The normalized spacial score (nSPS) is 11.1. The van der Waals surface area contributed by atoms with E-state index in [-0.39, 0.29) is 0 Å². The molecule has 2 aromatic carbocycles. The van der Waals surface area contributed by atoms with Gasteiger partial charge >= 0.3 is 0 Å². The van der Waals surface area contributed by atoms with Gasteiger partial charge < -0.3 is 10.3 Å². The zero-order valence-corrected chi connectivity index (χ0v) is 12.6. The van der Waals surface area contributed by atoms with Crippen LogP contribution in [-0.4, -0.2) is 5.16 Å². The molecule has 0 radical (unpaired) electrons. The van der Waals surface area contributed by atoms with Gasteiger partial charge in [0.1, 0.15) is 5.69 Å². The molecular weight excluding hydrogens is 292 g/mol. The van der Waals surface area contributed by atoms with E-state index in [0.717, 1.165) is 27.5 Å². The summed E-state index contributed by atoms with van der Waals surface area (Å²) in [6.07, 6.45) is 0. The quantitative estimate of drug-likeness (QED) is 0.598. The van der Waals surface area contributed by atoms with Crippen LogP contribution in [0.2, 0.25) is 0 Å². The molecule has 2 N–H and O–H groups in total. The molecule has 4 rings (SSSR count). The van der Waals surface area contributed by atoms with Crippen LogP contribution in [0.25, 0.3) is 32.0 Å². The predicted molar refractivity (Wildman–Crippen MR) is 90.6 cm³/mol. The average Bonchev–Trinajstić information content (AvgIpc) is 3.21. The zero-order chi connectivity index (χ0) is 14.9. The van der Waals surface area contributed by atoms with Gasteiger partial charge in [-0.2, -0.15) is 0 Å². The highest BCUT2D eigenvalue weighted by molar-refractivity contribution is 7.22. The molecule has 0 saturated carbocycles. The maximum atomic E-state index is 5.62. The molecule has 4 aromatic rings. The van der Waals surface area contributed by atoms with Gasteiger partial charge in [-0.3, -0.25) is 0 Å². The third-order valence-electron chi connectivity index (χ3n) is 3.66. The van der Waals surface area contributed by atoms with Gasteiger partial charge in [-0.05, 0) is 23.1 Å². The molecule has 0 aliphatic heterocycles. The molecule has 0 fully saturated rings. The van der Waals surface area contributed by atoms with Gasteiger partial charge in [0, 0.05) is 22.9 Å². The molecule has 0 amide bonds. The highest BCUT2D eigenvalue weighted by Gasteiger charge is 2.11. The molecule has 3 nitrogen and oxygen atoms in total. The Bertz CT molecular complexity index is 889. The van der Waals surface area contributed by atoms with Crippen LogP contribution < -0.4 is 5.73 Å². The van der Waals surface area contributed by atoms with Gasteiger partial charge in [0.05, 0.1) is 4.88 Å². The van der Waals surface area contributed by atoms with Crippen LogP contribution in [0.5, 0.6) is 0 Å². The van der Waals surface area contributed by atoms with Gasteiger partial charge in [-0.15, -0.1) is 11.3 Å². The Morgan fingerprint density at radius 3 is 2.59 bits per heavy atom. The van der Waals surface area contributed by atoms with Crippen LogP contribution in [-0.2, 0) is 6.54 Å². The Labute approximate surface area is 132 Å². The molecular formula is C18H14N2OS. The molecule has 0 bridgehead atoms. The third kappa shape index (κ3) is 2.32. The largest absolute Gasteiger partial charge is 0.355 e. The monoisotopic (exact) mass is 306 g/mol. The van der Waals surface area contributed by atoms with Gasteiger partial charge in [0.2, 0.25) is 0 Å². The standard InChI is InChI=1S/C18H14N2OS/c19-11-12-5-7-13(8-6-12)15-10-16(21-20-15)18-9-14-3-1-2-4-17(14)22-18/h1-10H,11,19H2. The van der Waals surface area contributed by atoms with Crippen molar-refractivity contribution >= 4 is 21.4 Å². The lowest BCUT2D eigenvalue weighted by molar-refractivity contribution is 0.436. The number of nitrogens with two attached hydrogens (primary N) is 1. The van der Waals surface area contributed by atoms with Crippen molar-refractivity contribution in [1.82, 2.24) is 5.16 Å². The summed E-state index contributed by atoms with van der Waals surface area (Å²) in [5.74, 6) is 0.805. The molecule has 0 aliphatic rings.